The van der Waals surface area contributed by atoms with Crippen LogP contribution in [0.15, 0.2) is 29.4 Å². The molecule has 3 rings (SSSR count). The van der Waals surface area contributed by atoms with E-state index in [1.54, 1.807) is 36.4 Å². The molecule has 10 nitrogen and oxygen atoms in total. The molecule has 1 aliphatic heterocycles. The van der Waals surface area contributed by atoms with Crippen molar-refractivity contribution in [2.24, 2.45) is 5.10 Å². The highest BCUT2D eigenvalue weighted by atomic mass is 16.5. The normalized spacial score (nSPS) is 13.5. The molecule has 0 saturated carbocycles. The minimum atomic E-state index is -0.0904. The average molecular weight is 468 g/mol. The van der Waals surface area contributed by atoms with Crippen molar-refractivity contribution in [3.8, 4) is 17.6 Å². The molecule has 2 aromatic rings. The zero-order valence-electron chi connectivity index (χ0n) is 19.7. The quantitative estimate of drug-likeness (QED) is 0.418. The molecule has 1 amide bonds. The van der Waals surface area contributed by atoms with E-state index in [4.69, 9.17) is 18.9 Å². The van der Waals surface area contributed by atoms with Crippen LogP contribution in [0.2, 0.25) is 0 Å². The number of ether oxygens (including phenoxy) is 4. The standard InChI is InChI=1S/C24H29N5O5/c1-4-33-22-12-18(5-6-21(22)34-16-23(30)29-7-9-32-10-8-29)14-26-28-24-20(13-25)19(15-31-3)11-17(2)27-24/h5-6,11-12,14H,4,7-10,15-16H2,1-3H3,(H,27,28)/b26-14-. The molecule has 1 saturated heterocycles. The Morgan fingerprint density at radius 3 is 2.79 bits per heavy atom. The Morgan fingerprint density at radius 2 is 2.09 bits per heavy atom. The monoisotopic (exact) mass is 467 g/mol. The highest BCUT2D eigenvalue weighted by molar-refractivity contribution is 5.82. The van der Waals surface area contributed by atoms with E-state index in [9.17, 15) is 10.1 Å². The second-order valence-electron chi connectivity index (χ2n) is 7.48. The molecule has 34 heavy (non-hydrogen) atoms. The number of rotatable bonds is 10. The van der Waals surface area contributed by atoms with Crippen LogP contribution in [0.4, 0.5) is 5.82 Å². The lowest BCUT2D eigenvalue weighted by Crippen LogP contribution is -2.43. The van der Waals surface area contributed by atoms with Crippen LogP contribution < -0.4 is 14.9 Å². The van der Waals surface area contributed by atoms with Gasteiger partial charge in [0.15, 0.2) is 23.9 Å². The number of nitriles is 1. The summed E-state index contributed by atoms with van der Waals surface area (Å²) in [6.45, 7) is 6.60. The van der Waals surface area contributed by atoms with Gasteiger partial charge < -0.3 is 23.8 Å². The number of hydrogen-bond donors (Lipinski definition) is 1. The summed E-state index contributed by atoms with van der Waals surface area (Å²) < 4.78 is 21.9. The van der Waals surface area contributed by atoms with E-state index >= 15 is 0 Å². The summed E-state index contributed by atoms with van der Waals surface area (Å²) in [5.74, 6) is 1.25. The van der Waals surface area contributed by atoms with E-state index in [-0.39, 0.29) is 12.5 Å². The Morgan fingerprint density at radius 1 is 1.29 bits per heavy atom. The van der Waals surface area contributed by atoms with Crippen LogP contribution in [0.1, 0.15) is 29.3 Å². The number of hydrazone groups is 1. The van der Waals surface area contributed by atoms with E-state index in [0.29, 0.717) is 62.4 Å². The molecule has 1 fully saturated rings. The molecule has 0 atom stereocenters. The lowest BCUT2D eigenvalue weighted by atomic mass is 10.1. The number of pyridine rings is 1. The van der Waals surface area contributed by atoms with Crippen molar-refractivity contribution in [1.82, 2.24) is 9.88 Å². The highest BCUT2D eigenvalue weighted by Gasteiger charge is 2.18. The van der Waals surface area contributed by atoms with Crippen molar-refractivity contribution in [3.63, 3.8) is 0 Å². The Labute approximate surface area is 199 Å². The van der Waals surface area contributed by atoms with Crippen molar-refractivity contribution >= 4 is 17.9 Å². The number of nitrogens with one attached hydrogen (secondary N) is 1. The summed E-state index contributed by atoms with van der Waals surface area (Å²) in [5.41, 5.74) is 5.45. The lowest BCUT2D eigenvalue weighted by molar-refractivity contribution is -0.137. The van der Waals surface area contributed by atoms with Crippen molar-refractivity contribution in [3.05, 3.63) is 46.6 Å². The third kappa shape index (κ3) is 6.66. The van der Waals surface area contributed by atoms with Crippen LogP contribution in [0.25, 0.3) is 0 Å². The maximum absolute atomic E-state index is 12.4. The molecule has 0 bridgehead atoms. The smallest absolute Gasteiger partial charge is 0.260 e. The van der Waals surface area contributed by atoms with Gasteiger partial charge in [-0.3, -0.25) is 10.2 Å². The second-order valence-corrected chi connectivity index (χ2v) is 7.48. The maximum Gasteiger partial charge on any atom is 0.260 e. The lowest BCUT2D eigenvalue weighted by Gasteiger charge is -2.26. The number of nitrogens with zero attached hydrogens (tertiary/aromatic N) is 4. The Bertz CT molecular complexity index is 1060. The third-order valence-corrected chi connectivity index (χ3v) is 5.01. The van der Waals surface area contributed by atoms with Crippen LogP contribution in [0.3, 0.4) is 0 Å². The van der Waals surface area contributed by atoms with Gasteiger partial charge in [0, 0.05) is 31.5 Å². The van der Waals surface area contributed by atoms with Crippen LogP contribution in [0, 0.1) is 18.3 Å². The average Bonchev–Trinajstić information content (AvgIpc) is 2.84. The van der Waals surface area contributed by atoms with Crippen LogP contribution in [-0.2, 0) is 20.9 Å². The Balaban J connectivity index is 1.69. The summed E-state index contributed by atoms with van der Waals surface area (Å²) in [5, 5.41) is 13.8. The molecule has 0 spiro atoms. The Kier molecular flexibility index (Phi) is 9.20. The highest BCUT2D eigenvalue weighted by Crippen LogP contribution is 2.28. The van der Waals surface area contributed by atoms with Gasteiger partial charge in [0.2, 0.25) is 0 Å². The molecule has 1 aromatic heterocycles. The van der Waals surface area contributed by atoms with Gasteiger partial charge in [-0.2, -0.15) is 10.4 Å². The van der Waals surface area contributed by atoms with Crippen molar-refractivity contribution in [2.75, 3.05) is 52.1 Å². The minimum Gasteiger partial charge on any atom is -0.490 e. The fourth-order valence-corrected chi connectivity index (χ4v) is 3.42. The number of methoxy groups -OCH3 is 1. The van der Waals surface area contributed by atoms with Gasteiger partial charge in [0.1, 0.15) is 11.6 Å². The molecule has 180 valence electrons. The van der Waals surface area contributed by atoms with Crippen molar-refractivity contribution in [1.29, 1.82) is 5.26 Å². The first-order chi connectivity index (χ1) is 16.5. The fraction of sp³-hybridized carbons (Fsp3) is 0.417. The summed E-state index contributed by atoms with van der Waals surface area (Å²) in [7, 11) is 1.57. The van der Waals surface area contributed by atoms with Gasteiger partial charge in [0.25, 0.3) is 5.91 Å². The van der Waals surface area contributed by atoms with E-state index in [0.717, 1.165) is 16.8 Å². The van der Waals surface area contributed by atoms with E-state index in [1.165, 1.54) is 0 Å². The van der Waals surface area contributed by atoms with Crippen LogP contribution in [-0.4, -0.2) is 68.6 Å². The van der Waals surface area contributed by atoms with E-state index < -0.39 is 0 Å². The number of carbonyl (C=O) groups is 1. The van der Waals surface area contributed by atoms with E-state index in [2.05, 4.69) is 21.6 Å². The number of hydrogen-bond acceptors (Lipinski definition) is 9. The zero-order chi connectivity index (χ0) is 24.3. The molecule has 1 N–H and O–H groups in total. The van der Waals surface area contributed by atoms with Crippen LogP contribution >= 0.6 is 0 Å². The van der Waals surface area contributed by atoms with Gasteiger partial charge in [-0.15, -0.1) is 0 Å². The number of carbonyl (C=O) groups excluding carboxylic acids is 1. The number of amides is 1. The fourth-order valence-electron chi connectivity index (χ4n) is 3.42. The number of aromatic nitrogens is 1. The van der Waals surface area contributed by atoms with Gasteiger partial charge >= 0.3 is 0 Å². The van der Waals surface area contributed by atoms with Gasteiger partial charge in [-0.25, -0.2) is 4.98 Å². The zero-order valence-corrected chi connectivity index (χ0v) is 19.7. The summed E-state index contributed by atoms with van der Waals surface area (Å²) in [6, 6.07) is 9.27. The van der Waals surface area contributed by atoms with Crippen LogP contribution in [0.5, 0.6) is 11.5 Å². The molecule has 10 heteroatoms. The van der Waals surface area contributed by atoms with Gasteiger partial charge in [-0.1, -0.05) is 0 Å². The molecule has 1 aliphatic rings. The molecule has 1 aromatic carbocycles. The predicted octanol–water partition coefficient (Wildman–Crippen LogP) is 2.49. The third-order valence-electron chi connectivity index (χ3n) is 5.01. The number of benzene rings is 1. The summed E-state index contributed by atoms with van der Waals surface area (Å²) >= 11 is 0. The largest absolute Gasteiger partial charge is 0.490 e. The predicted molar refractivity (Wildman–Crippen MR) is 126 cm³/mol. The SMILES string of the molecule is CCOc1cc(/C=N\Nc2nc(C)cc(COC)c2C#N)ccc1OCC(=O)N1CCOCC1. The summed E-state index contributed by atoms with van der Waals surface area (Å²) in [6.07, 6.45) is 1.59. The van der Waals surface area contributed by atoms with E-state index in [1.807, 2.05) is 19.9 Å². The first-order valence-corrected chi connectivity index (χ1v) is 11.0. The first kappa shape index (κ1) is 25.0. The first-order valence-electron chi connectivity index (χ1n) is 11.0. The summed E-state index contributed by atoms with van der Waals surface area (Å²) in [4.78, 5) is 18.5. The maximum atomic E-state index is 12.4. The second kappa shape index (κ2) is 12.5. The molecule has 0 radical (unpaired) electrons. The molecule has 2 heterocycles. The Hall–Kier alpha value is -3.68. The number of anilines is 1. The number of aryl methyl sites for hydroxylation is 1. The van der Waals surface area contributed by atoms with Crippen molar-refractivity contribution < 1.29 is 23.7 Å². The van der Waals surface area contributed by atoms with Gasteiger partial charge in [0.05, 0.1) is 32.6 Å². The topological polar surface area (TPSA) is 118 Å². The molecular formula is C24H29N5O5. The molecular weight excluding hydrogens is 438 g/mol. The minimum absolute atomic E-state index is 0.0746. The van der Waals surface area contributed by atoms with Crippen molar-refractivity contribution in [2.45, 2.75) is 20.5 Å². The molecule has 0 unspecified atom stereocenters. The molecule has 0 aliphatic carbocycles. The van der Waals surface area contributed by atoms with Gasteiger partial charge in [-0.05, 0) is 43.7 Å². The number of morpholine rings is 1.